The number of thioether (sulfide) groups is 1. The lowest BCUT2D eigenvalue weighted by Crippen LogP contribution is -1.99. The Balaban J connectivity index is 2.48. The molecule has 1 aliphatic rings. The number of aliphatic imine (C=N–C) groups is 1. The molecule has 0 bridgehead atoms. The lowest BCUT2D eigenvalue weighted by atomic mass is 10.3. The highest BCUT2D eigenvalue weighted by atomic mass is 32.2. The van der Waals surface area contributed by atoms with Crippen molar-refractivity contribution < 1.29 is 0 Å². The third-order valence-corrected chi connectivity index (χ3v) is 2.60. The van der Waals surface area contributed by atoms with E-state index < -0.39 is 0 Å². The van der Waals surface area contributed by atoms with Crippen molar-refractivity contribution >= 4 is 16.8 Å². The van der Waals surface area contributed by atoms with Crippen LogP contribution in [0.1, 0.15) is 20.3 Å². The largest absolute Gasteiger partial charge is 0.274 e. The minimum Gasteiger partial charge on any atom is -0.274 e. The van der Waals surface area contributed by atoms with E-state index in [0.717, 1.165) is 0 Å². The molecule has 0 saturated carbocycles. The molecule has 1 atom stereocenters. The fourth-order valence-electron chi connectivity index (χ4n) is 0.879. The van der Waals surface area contributed by atoms with E-state index in [2.05, 4.69) is 18.0 Å². The van der Waals surface area contributed by atoms with Gasteiger partial charge in [0.25, 0.3) is 0 Å². The summed E-state index contributed by atoms with van der Waals surface area (Å²) in [7, 11) is 0. The van der Waals surface area contributed by atoms with Crippen LogP contribution in [0.4, 0.5) is 0 Å². The molecule has 0 unspecified atom stereocenters. The zero-order valence-corrected chi connectivity index (χ0v) is 7.32. The highest BCUT2D eigenvalue weighted by molar-refractivity contribution is 8.14. The highest BCUT2D eigenvalue weighted by Gasteiger charge is 2.13. The van der Waals surface area contributed by atoms with Crippen LogP contribution in [0, 0.1) is 0 Å². The first-order valence-corrected chi connectivity index (χ1v) is 4.68. The SMILES string of the molecule is C/C=C/C1=N[C@@H](CC)CS1. The number of allylic oxidation sites excluding steroid dienone is 1. The normalized spacial score (nSPS) is 25.8. The van der Waals surface area contributed by atoms with Crippen LogP contribution < -0.4 is 0 Å². The van der Waals surface area contributed by atoms with Crippen molar-refractivity contribution in [2.24, 2.45) is 4.99 Å². The summed E-state index contributed by atoms with van der Waals surface area (Å²) in [4.78, 5) is 4.49. The summed E-state index contributed by atoms with van der Waals surface area (Å²) in [5.41, 5.74) is 0. The smallest absolute Gasteiger partial charge is 0.0905 e. The molecule has 0 aliphatic carbocycles. The van der Waals surface area contributed by atoms with Gasteiger partial charge in [0.2, 0.25) is 0 Å². The van der Waals surface area contributed by atoms with E-state index in [1.807, 2.05) is 24.8 Å². The van der Waals surface area contributed by atoms with Crippen LogP contribution in [0.25, 0.3) is 0 Å². The van der Waals surface area contributed by atoms with E-state index in [1.54, 1.807) is 0 Å². The van der Waals surface area contributed by atoms with E-state index >= 15 is 0 Å². The number of hydrogen-bond acceptors (Lipinski definition) is 2. The molecule has 0 spiro atoms. The van der Waals surface area contributed by atoms with Crippen molar-refractivity contribution in [2.75, 3.05) is 5.75 Å². The first kappa shape index (κ1) is 7.86. The van der Waals surface area contributed by atoms with Crippen LogP contribution in [0.15, 0.2) is 17.1 Å². The third-order valence-electron chi connectivity index (χ3n) is 1.51. The van der Waals surface area contributed by atoms with Crippen LogP contribution >= 0.6 is 11.8 Å². The molecule has 0 aromatic carbocycles. The van der Waals surface area contributed by atoms with Crippen molar-refractivity contribution in [3.05, 3.63) is 12.2 Å². The van der Waals surface area contributed by atoms with Crippen LogP contribution in [-0.2, 0) is 0 Å². The Bertz CT molecular complexity index is 161. The van der Waals surface area contributed by atoms with Crippen LogP contribution in [0.3, 0.4) is 0 Å². The van der Waals surface area contributed by atoms with Crippen molar-refractivity contribution in [1.82, 2.24) is 0 Å². The number of nitrogens with zero attached hydrogens (tertiary/aromatic N) is 1. The molecule has 10 heavy (non-hydrogen) atoms. The summed E-state index contributed by atoms with van der Waals surface area (Å²) in [6.45, 7) is 4.22. The van der Waals surface area contributed by atoms with Crippen molar-refractivity contribution in [1.29, 1.82) is 0 Å². The predicted molar refractivity (Wildman–Crippen MR) is 48.8 cm³/mol. The number of rotatable bonds is 2. The molecular weight excluding hydrogens is 142 g/mol. The zero-order chi connectivity index (χ0) is 7.40. The Morgan fingerprint density at radius 1 is 1.80 bits per heavy atom. The average Bonchev–Trinajstić information content (AvgIpc) is 2.37. The van der Waals surface area contributed by atoms with Gasteiger partial charge in [-0.25, -0.2) is 0 Å². The summed E-state index contributed by atoms with van der Waals surface area (Å²) in [6.07, 6.45) is 5.30. The van der Waals surface area contributed by atoms with Gasteiger partial charge in [-0.1, -0.05) is 13.0 Å². The van der Waals surface area contributed by atoms with Gasteiger partial charge < -0.3 is 0 Å². The summed E-state index contributed by atoms with van der Waals surface area (Å²) in [6, 6.07) is 0.580. The Morgan fingerprint density at radius 2 is 2.60 bits per heavy atom. The molecule has 0 saturated heterocycles. The fourth-order valence-corrected chi connectivity index (χ4v) is 2.01. The van der Waals surface area contributed by atoms with Crippen LogP contribution in [-0.4, -0.2) is 16.8 Å². The van der Waals surface area contributed by atoms with E-state index in [4.69, 9.17) is 0 Å². The maximum atomic E-state index is 4.49. The van der Waals surface area contributed by atoms with E-state index in [0.29, 0.717) is 6.04 Å². The molecule has 56 valence electrons. The second kappa shape index (κ2) is 3.81. The van der Waals surface area contributed by atoms with Gasteiger partial charge in [0, 0.05) is 5.75 Å². The number of hydrogen-bond donors (Lipinski definition) is 0. The fraction of sp³-hybridized carbons (Fsp3) is 0.625. The molecule has 0 aromatic heterocycles. The molecule has 0 N–H and O–H groups in total. The monoisotopic (exact) mass is 155 g/mol. The molecule has 2 heteroatoms. The molecule has 0 fully saturated rings. The Kier molecular flexibility index (Phi) is 3.00. The molecule has 1 aliphatic heterocycles. The topological polar surface area (TPSA) is 12.4 Å². The predicted octanol–water partition coefficient (Wildman–Crippen LogP) is 2.49. The quantitative estimate of drug-likeness (QED) is 0.596. The molecular formula is C8H13NS. The van der Waals surface area contributed by atoms with E-state index in [1.165, 1.54) is 17.2 Å². The van der Waals surface area contributed by atoms with Gasteiger partial charge in [0.15, 0.2) is 0 Å². The van der Waals surface area contributed by atoms with E-state index in [9.17, 15) is 0 Å². The lowest BCUT2D eigenvalue weighted by Gasteiger charge is -1.95. The lowest BCUT2D eigenvalue weighted by molar-refractivity contribution is 0.738. The molecule has 1 heterocycles. The molecule has 0 amide bonds. The Hall–Kier alpha value is -0.240. The standard InChI is InChI=1S/C8H13NS/c1-3-5-8-9-7(4-2)6-10-8/h3,5,7H,4,6H2,1-2H3/b5-3+/t7-/m0/s1. The summed E-state index contributed by atoms with van der Waals surface area (Å²) < 4.78 is 0. The minimum atomic E-state index is 0.580. The minimum absolute atomic E-state index is 0.580. The van der Waals surface area contributed by atoms with E-state index in [-0.39, 0.29) is 0 Å². The summed E-state index contributed by atoms with van der Waals surface area (Å²) in [5, 5.41) is 1.20. The molecule has 0 radical (unpaired) electrons. The molecule has 0 aromatic rings. The maximum absolute atomic E-state index is 4.49. The first-order valence-electron chi connectivity index (χ1n) is 3.70. The molecule has 1 nitrogen and oxygen atoms in total. The maximum Gasteiger partial charge on any atom is 0.0905 e. The van der Waals surface area contributed by atoms with Gasteiger partial charge in [-0.3, -0.25) is 4.99 Å². The van der Waals surface area contributed by atoms with Gasteiger partial charge in [-0.05, 0) is 19.4 Å². The summed E-state index contributed by atoms with van der Waals surface area (Å²) in [5.74, 6) is 1.18. The Labute approximate surface area is 66.6 Å². The molecule has 1 rings (SSSR count). The van der Waals surface area contributed by atoms with Gasteiger partial charge in [-0.2, -0.15) is 0 Å². The second-order valence-corrected chi connectivity index (χ2v) is 3.38. The Morgan fingerprint density at radius 3 is 3.10 bits per heavy atom. The van der Waals surface area contributed by atoms with Crippen molar-refractivity contribution in [2.45, 2.75) is 26.3 Å². The van der Waals surface area contributed by atoms with Crippen LogP contribution in [0.5, 0.6) is 0 Å². The first-order chi connectivity index (χ1) is 4.86. The third kappa shape index (κ3) is 1.87. The van der Waals surface area contributed by atoms with Gasteiger partial charge in [0.1, 0.15) is 0 Å². The van der Waals surface area contributed by atoms with Crippen molar-refractivity contribution in [3.63, 3.8) is 0 Å². The second-order valence-electron chi connectivity index (χ2n) is 2.34. The highest BCUT2D eigenvalue weighted by Crippen LogP contribution is 2.20. The van der Waals surface area contributed by atoms with Gasteiger partial charge >= 0.3 is 0 Å². The average molecular weight is 155 g/mol. The van der Waals surface area contributed by atoms with Crippen molar-refractivity contribution in [3.8, 4) is 0 Å². The van der Waals surface area contributed by atoms with Gasteiger partial charge in [-0.15, -0.1) is 11.8 Å². The summed E-state index contributed by atoms with van der Waals surface area (Å²) >= 11 is 1.86. The zero-order valence-electron chi connectivity index (χ0n) is 6.50. The van der Waals surface area contributed by atoms with Crippen LogP contribution in [0.2, 0.25) is 0 Å². The van der Waals surface area contributed by atoms with Gasteiger partial charge in [0.05, 0.1) is 11.1 Å².